The monoisotopic (exact) mass is 101 g/mol. The maximum Gasteiger partial charge on any atom is 0.187 e. The Kier molecular flexibility index (Phi) is 3.19. The average Bonchev–Trinajstić information content (AvgIpc) is 1.61. The summed E-state index contributed by atoms with van der Waals surface area (Å²) in [6, 6.07) is 0. The molecule has 1 unspecified atom stereocenters. The van der Waals surface area contributed by atoms with Crippen molar-refractivity contribution in [2.24, 2.45) is 4.99 Å². The second-order valence-electron chi connectivity index (χ2n) is 1.11. The maximum atomic E-state index is 11.6. The van der Waals surface area contributed by atoms with Gasteiger partial charge in [0.25, 0.3) is 0 Å². The first-order valence-corrected chi connectivity index (χ1v) is 2.05. The SMILES string of the molecule is C=C/C=N\C(C)F. The molecular formula is C5H8FN. The number of rotatable bonds is 2. The van der Waals surface area contributed by atoms with E-state index in [2.05, 4.69) is 11.6 Å². The van der Waals surface area contributed by atoms with Gasteiger partial charge in [-0.25, -0.2) is 4.39 Å². The summed E-state index contributed by atoms with van der Waals surface area (Å²) >= 11 is 0. The van der Waals surface area contributed by atoms with Crippen LogP contribution < -0.4 is 0 Å². The summed E-state index contributed by atoms with van der Waals surface area (Å²) in [6.45, 7) is 4.68. The van der Waals surface area contributed by atoms with E-state index in [1.807, 2.05) is 0 Å². The van der Waals surface area contributed by atoms with Gasteiger partial charge in [-0.1, -0.05) is 12.7 Å². The Morgan fingerprint density at radius 3 is 2.57 bits per heavy atom. The molecule has 2 heteroatoms. The summed E-state index contributed by atoms with van der Waals surface area (Å²) in [5, 5.41) is 0. The largest absolute Gasteiger partial charge is 0.257 e. The van der Waals surface area contributed by atoms with Gasteiger partial charge < -0.3 is 0 Å². The Morgan fingerprint density at radius 2 is 2.43 bits per heavy atom. The van der Waals surface area contributed by atoms with E-state index in [9.17, 15) is 4.39 Å². The van der Waals surface area contributed by atoms with E-state index in [0.29, 0.717) is 0 Å². The minimum absolute atomic E-state index is 1.10. The zero-order valence-corrected chi connectivity index (χ0v) is 4.26. The molecule has 0 radical (unpaired) electrons. The highest BCUT2D eigenvalue weighted by Crippen LogP contribution is 1.85. The molecule has 0 heterocycles. The van der Waals surface area contributed by atoms with Crippen molar-refractivity contribution in [1.29, 1.82) is 0 Å². The molecule has 0 aliphatic rings. The molecule has 0 aromatic heterocycles. The molecule has 0 saturated heterocycles. The van der Waals surface area contributed by atoms with Crippen molar-refractivity contribution in [1.82, 2.24) is 0 Å². The number of halogens is 1. The molecule has 0 rings (SSSR count). The summed E-state index contributed by atoms with van der Waals surface area (Å²) in [6.07, 6.45) is 1.68. The molecule has 1 nitrogen and oxygen atoms in total. The molecule has 0 amide bonds. The van der Waals surface area contributed by atoms with Crippen LogP contribution in [0.4, 0.5) is 4.39 Å². The standard InChI is InChI=1S/C5H8FN/c1-3-4-7-5(2)6/h3-5H,1H2,2H3/b7-4-. The van der Waals surface area contributed by atoms with Gasteiger partial charge in [-0.05, 0) is 6.92 Å². The van der Waals surface area contributed by atoms with E-state index in [1.165, 1.54) is 19.2 Å². The van der Waals surface area contributed by atoms with E-state index < -0.39 is 6.30 Å². The number of allylic oxidation sites excluding steroid dienone is 1. The Labute approximate surface area is 42.6 Å². The van der Waals surface area contributed by atoms with Gasteiger partial charge in [0, 0.05) is 6.21 Å². The Morgan fingerprint density at radius 1 is 1.86 bits per heavy atom. The third-order valence-electron chi connectivity index (χ3n) is 0.397. The lowest BCUT2D eigenvalue weighted by atomic mass is 10.6. The second kappa shape index (κ2) is 3.53. The lowest BCUT2D eigenvalue weighted by Crippen LogP contribution is -1.83. The van der Waals surface area contributed by atoms with E-state index >= 15 is 0 Å². The maximum absolute atomic E-state index is 11.6. The van der Waals surface area contributed by atoms with Crippen LogP contribution in [0.1, 0.15) is 6.92 Å². The van der Waals surface area contributed by atoms with Gasteiger partial charge in [0.1, 0.15) is 0 Å². The Bertz CT molecular complexity index is 76.1. The highest BCUT2D eigenvalue weighted by molar-refractivity contribution is 5.70. The third-order valence-corrected chi connectivity index (χ3v) is 0.397. The fourth-order valence-electron chi connectivity index (χ4n) is 0.179. The number of nitrogens with zero attached hydrogens (tertiary/aromatic N) is 1. The Hall–Kier alpha value is -0.660. The van der Waals surface area contributed by atoms with Crippen LogP contribution in [0, 0.1) is 0 Å². The molecule has 0 bridgehead atoms. The molecule has 40 valence electrons. The number of alkyl halides is 1. The first kappa shape index (κ1) is 6.34. The lowest BCUT2D eigenvalue weighted by molar-refractivity contribution is 0.378. The molecule has 0 spiro atoms. The Balaban J connectivity index is 3.25. The zero-order valence-electron chi connectivity index (χ0n) is 4.26. The molecule has 0 N–H and O–H groups in total. The van der Waals surface area contributed by atoms with Crippen molar-refractivity contribution in [3.8, 4) is 0 Å². The highest BCUT2D eigenvalue weighted by atomic mass is 19.1. The summed E-state index contributed by atoms with van der Waals surface area (Å²) in [5.41, 5.74) is 0. The molecule has 0 aromatic carbocycles. The quantitative estimate of drug-likeness (QED) is 0.369. The predicted octanol–water partition coefficient (Wildman–Crippen LogP) is 1.56. The average molecular weight is 101 g/mol. The van der Waals surface area contributed by atoms with E-state index in [4.69, 9.17) is 0 Å². The van der Waals surface area contributed by atoms with Crippen LogP contribution in [-0.4, -0.2) is 12.5 Å². The first-order chi connectivity index (χ1) is 3.27. The topological polar surface area (TPSA) is 12.4 Å². The van der Waals surface area contributed by atoms with Crippen LogP contribution in [0.5, 0.6) is 0 Å². The lowest BCUT2D eigenvalue weighted by Gasteiger charge is -1.84. The van der Waals surface area contributed by atoms with Crippen molar-refractivity contribution >= 4 is 6.21 Å². The smallest absolute Gasteiger partial charge is 0.187 e. The minimum atomic E-state index is -1.10. The number of aliphatic imine (C=N–C) groups is 1. The van der Waals surface area contributed by atoms with Gasteiger partial charge in [0.15, 0.2) is 6.30 Å². The van der Waals surface area contributed by atoms with Crippen LogP contribution in [-0.2, 0) is 0 Å². The van der Waals surface area contributed by atoms with Crippen molar-refractivity contribution in [2.45, 2.75) is 13.2 Å². The van der Waals surface area contributed by atoms with Crippen LogP contribution in [0.2, 0.25) is 0 Å². The van der Waals surface area contributed by atoms with E-state index in [-0.39, 0.29) is 0 Å². The summed E-state index contributed by atoms with van der Waals surface area (Å²) < 4.78 is 11.6. The zero-order chi connectivity index (χ0) is 5.70. The van der Waals surface area contributed by atoms with Crippen LogP contribution in [0.3, 0.4) is 0 Å². The van der Waals surface area contributed by atoms with Crippen LogP contribution >= 0.6 is 0 Å². The van der Waals surface area contributed by atoms with Crippen molar-refractivity contribution in [2.75, 3.05) is 0 Å². The van der Waals surface area contributed by atoms with E-state index in [0.717, 1.165) is 0 Å². The molecular weight excluding hydrogens is 93.1 g/mol. The van der Waals surface area contributed by atoms with Crippen LogP contribution in [0.25, 0.3) is 0 Å². The van der Waals surface area contributed by atoms with Gasteiger partial charge in [0.2, 0.25) is 0 Å². The number of hydrogen-bond donors (Lipinski definition) is 0. The predicted molar refractivity (Wildman–Crippen MR) is 29.3 cm³/mol. The van der Waals surface area contributed by atoms with Gasteiger partial charge in [0.05, 0.1) is 0 Å². The summed E-state index contributed by atoms with van der Waals surface area (Å²) in [5.74, 6) is 0. The minimum Gasteiger partial charge on any atom is -0.257 e. The molecule has 0 aliphatic heterocycles. The second-order valence-corrected chi connectivity index (χ2v) is 1.11. The first-order valence-electron chi connectivity index (χ1n) is 2.05. The van der Waals surface area contributed by atoms with Crippen LogP contribution in [0.15, 0.2) is 17.6 Å². The molecule has 1 atom stereocenters. The number of hydrogen-bond acceptors (Lipinski definition) is 1. The molecule has 7 heavy (non-hydrogen) atoms. The fraction of sp³-hybridized carbons (Fsp3) is 0.400. The normalized spacial score (nSPS) is 14.6. The molecule has 0 fully saturated rings. The van der Waals surface area contributed by atoms with E-state index in [1.54, 1.807) is 0 Å². The molecule has 0 aromatic rings. The van der Waals surface area contributed by atoms with Crippen molar-refractivity contribution in [3.05, 3.63) is 12.7 Å². The third kappa shape index (κ3) is 5.34. The van der Waals surface area contributed by atoms with Gasteiger partial charge in [-0.3, -0.25) is 4.99 Å². The van der Waals surface area contributed by atoms with Gasteiger partial charge in [-0.15, -0.1) is 0 Å². The van der Waals surface area contributed by atoms with Crippen molar-refractivity contribution < 1.29 is 4.39 Å². The summed E-state index contributed by atoms with van der Waals surface area (Å²) in [4.78, 5) is 3.33. The fourth-order valence-corrected chi connectivity index (χ4v) is 0.179. The molecule has 0 aliphatic carbocycles. The van der Waals surface area contributed by atoms with Crippen molar-refractivity contribution in [3.63, 3.8) is 0 Å². The summed E-state index contributed by atoms with van der Waals surface area (Å²) in [7, 11) is 0. The highest BCUT2D eigenvalue weighted by Gasteiger charge is 1.83. The van der Waals surface area contributed by atoms with Gasteiger partial charge >= 0.3 is 0 Å². The molecule has 0 saturated carbocycles. The van der Waals surface area contributed by atoms with Gasteiger partial charge in [-0.2, -0.15) is 0 Å².